The minimum Gasteiger partial charge on any atom is -0.504 e. The Labute approximate surface area is 121 Å². The van der Waals surface area contributed by atoms with E-state index in [2.05, 4.69) is 28.5 Å². The van der Waals surface area contributed by atoms with Gasteiger partial charge in [0.25, 0.3) is 0 Å². The van der Waals surface area contributed by atoms with Gasteiger partial charge in [-0.25, -0.2) is 4.98 Å². The molecule has 1 aromatic carbocycles. The number of fused-ring (bicyclic) bond motifs is 1. The molecule has 0 fully saturated rings. The van der Waals surface area contributed by atoms with Gasteiger partial charge in [-0.3, -0.25) is 4.79 Å². The van der Waals surface area contributed by atoms with Crippen molar-refractivity contribution in [2.24, 2.45) is 0 Å². The largest absolute Gasteiger partial charge is 0.504 e. The van der Waals surface area contributed by atoms with Gasteiger partial charge in [-0.1, -0.05) is 17.7 Å². The molecular formula is C15H14N2O2S. The van der Waals surface area contributed by atoms with Gasteiger partial charge in [0.1, 0.15) is 0 Å². The minimum absolute atomic E-state index is 0.0165. The number of aromatic nitrogens is 1. The van der Waals surface area contributed by atoms with E-state index in [0.29, 0.717) is 6.42 Å². The van der Waals surface area contributed by atoms with Gasteiger partial charge in [0.05, 0.1) is 5.25 Å². The molecule has 5 heteroatoms. The Kier molecular flexibility index (Phi) is 3.36. The highest BCUT2D eigenvalue weighted by molar-refractivity contribution is 8.01. The van der Waals surface area contributed by atoms with Gasteiger partial charge in [-0.05, 0) is 37.1 Å². The van der Waals surface area contributed by atoms with E-state index >= 15 is 0 Å². The standard InChI is InChI=1S/C15H14N2O2S/c1-9-4-5-10-8-13(20-12(10)7-9)15(19)17-14-11(18)3-2-6-16-14/h2-7,13,18H,8H2,1H3,(H,16,17,19)/t13-/m0/s1. The summed E-state index contributed by atoms with van der Waals surface area (Å²) in [6.45, 7) is 2.04. The Bertz CT molecular complexity index is 673. The lowest BCUT2D eigenvalue weighted by Gasteiger charge is -2.09. The number of nitrogens with one attached hydrogen (secondary N) is 1. The van der Waals surface area contributed by atoms with Crippen molar-refractivity contribution in [1.29, 1.82) is 0 Å². The highest BCUT2D eigenvalue weighted by Crippen LogP contribution is 2.38. The Morgan fingerprint density at radius 1 is 1.45 bits per heavy atom. The first-order chi connectivity index (χ1) is 9.63. The summed E-state index contributed by atoms with van der Waals surface area (Å²) in [6.07, 6.45) is 2.24. The molecule has 2 N–H and O–H groups in total. The van der Waals surface area contributed by atoms with Gasteiger partial charge >= 0.3 is 0 Å². The molecule has 0 radical (unpaired) electrons. The van der Waals surface area contributed by atoms with Crippen LogP contribution >= 0.6 is 11.8 Å². The first-order valence-corrected chi connectivity index (χ1v) is 7.22. The van der Waals surface area contributed by atoms with Crippen LogP contribution in [0.4, 0.5) is 5.82 Å². The molecule has 0 unspecified atom stereocenters. The van der Waals surface area contributed by atoms with E-state index in [1.165, 1.54) is 23.4 Å². The van der Waals surface area contributed by atoms with E-state index in [4.69, 9.17) is 0 Å². The topological polar surface area (TPSA) is 62.2 Å². The molecule has 0 spiro atoms. The first-order valence-electron chi connectivity index (χ1n) is 6.34. The van der Waals surface area contributed by atoms with Crippen LogP contribution in [-0.2, 0) is 11.2 Å². The highest BCUT2D eigenvalue weighted by atomic mass is 32.2. The van der Waals surface area contributed by atoms with Crippen LogP contribution < -0.4 is 5.32 Å². The smallest absolute Gasteiger partial charge is 0.239 e. The second-order valence-corrected chi connectivity index (χ2v) is 6.03. The summed E-state index contributed by atoms with van der Waals surface area (Å²) >= 11 is 1.56. The highest BCUT2D eigenvalue weighted by Gasteiger charge is 2.28. The number of thioether (sulfide) groups is 1. The molecule has 1 atom stereocenters. The average Bonchev–Trinajstić information content (AvgIpc) is 2.84. The predicted molar refractivity (Wildman–Crippen MR) is 79.1 cm³/mol. The monoisotopic (exact) mass is 286 g/mol. The molecule has 1 aromatic heterocycles. The zero-order valence-electron chi connectivity index (χ0n) is 11.0. The van der Waals surface area contributed by atoms with Crippen LogP contribution in [0.25, 0.3) is 0 Å². The summed E-state index contributed by atoms with van der Waals surface area (Å²) in [5.41, 5.74) is 2.39. The maximum atomic E-state index is 12.2. The maximum absolute atomic E-state index is 12.2. The molecule has 2 aromatic rings. The molecule has 0 saturated carbocycles. The van der Waals surface area contributed by atoms with Crippen LogP contribution in [-0.4, -0.2) is 21.2 Å². The number of hydrogen-bond acceptors (Lipinski definition) is 4. The number of nitrogens with zero attached hydrogens (tertiary/aromatic N) is 1. The van der Waals surface area contributed by atoms with Crippen molar-refractivity contribution in [3.05, 3.63) is 47.7 Å². The maximum Gasteiger partial charge on any atom is 0.239 e. The number of aromatic hydroxyl groups is 1. The number of rotatable bonds is 2. The normalized spacial score (nSPS) is 16.8. The number of carbonyl (C=O) groups excluding carboxylic acids is 1. The molecule has 20 heavy (non-hydrogen) atoms. The number of aryl methyl sites for hydroxylation is 1. The third-order valence-corrected chi connectivity index (χ3v) is 4.52. The number of hydrogen-bond donors (Lipinski definition) is 2. The van der Waals surface area contributed by atoms with Crippen molar-refractivity contribution in [2.75, 3.05) is 5.32 Å². The predicted octanol–water partition coefficient (Wildman–Crippen LogP) is 2.75. The van der Waals surface area contributed by atoms with Gasteiger partial charge in [0.2, 0.25) is 5.91 Å². The molecule has 0 saturated heterocycles. The Morgan fingerprint density at radius 3 is 3.10 bits per heavy atom. The number of benzene rings is 1. The fourth-order valence-electron chi connectivity index (χ4n) is 2.17. The third-order valence-electron chi connectivity index (χ3n) is 3.22. The lowest BCUT2D eigenvalue weighted by molar-refractivity contribution is -0.115. The Morgan fingerprint density at radius 2 is 2.30 bits per heavy atom. The van der Waals surface area contributed by atoms with Gasteiger partial charge in [-0.2, -0.15) is 0 Å². The molecule has 4 nitrogen and oxygen atoms in total. The van der Waals surface area contributed by atoms with Crippen LogP contribution in [0.3, 0.4) is 0 Å². The molecule has 2 heterocycles. The number of pyridine rings is 1. The fraction of sp³-hybridized carbons (Fsp3) is 0.200. The lowest BCUT2D eigenvalue weighted by atomic mass is 10.1. The fourth-order valence-corrected chi connectivity index (χ4v) is 3.46. The lowest BCUT2D eigenvalue weighted by Crippen LogP contribution is -2.25. The molecule has 0 bridgehead atoms. The summed E-state index contributed by atoms with van der Waals surface area (Å²) in [4.78, 5) is 17.4. The van der Waals surface area contributed by atoms with Crippen LogP contribution in [0.1, 0.15) is 11.1 Å². The van der Waals surface area contributed by atoms with Crippen molar-refractivity contribution >= 4 is 23.5 Å². The van der Waals surface area contributed by atoms with Crippen molar-refractivity contribution in [2.45, 2.75) is 23.5 Å². The quantitative estimate of drug-likeness (QED) is 0.891. The van der Waals surface area contributed by atoms with Crippen LogP contribution in [0.5, 0.6) is 5.75 Å². The molecule has 102 valence electrons. The van der Waals surface area contributed by atoms with Crippen LogP contribution in [0.2, 0.25) is 0 Å². The summed E-state index contributed by atoms with van der Waals surface area (Å²) in [7, 11) is 0. The van der Waals surface area contributed by atoms with Crippen molar-refractivity contribution in [1.82, 2.24) is 4.98 Å². The van der Waals surface area contributed by atoms with Crippen molar-refractivity contribution < 1.29 is 9.90 Å². The van der Waals surface area contributed by atoms with Crippen LogP contribution in [0, 0.1) is 6.92 Å². The molecule has 1 amide bonds. The van der Waals surface area contributed by atoms with Gasteiger partial charge in [0, 0.05) is 11.1 Å². The van der Waals surface area contributed by atoms with Crippen molar-refractivity contribution in [3.8, 4) is 5.75 Å². The van der Waals surface area contributed by atoms with Gasteiger partial charge in [0.15, 0.2) is 11.6 Å². The van der Waals surface area contributed by atoms with E-state index in [-0.39, 0.29) is 22.7 Å². The van der Waals surface area contributed by atoms with E-state index < -0.39 is 0 Å². The molecule has 0 aliphatic carbocycles. The Hall–Kier alpha value is -2.01. The molecular weight excluding hydrogens is 272 g/mol. The van der Waals surface area contributed by atoms with Crippen molar-refractivity contribution in [3.63, 3.8) is 0 Å². The first kappa shape index (κ1) is 13.0. The molecule has 1 aliphatic rings. The van der Waals surface area contributed by atoms with Crippen LogP contribution in [0.15, 0.2) is 41.4 Å². The SMILES string of the molecule is Cc1ccc2c(c1)S[C@H](C(=O)Nc1ncccc1O)C2. The second-order valence-electron chi connectivity index (χ2n) is 4.78. The average molecular weight is 286 g/mol. The van der Waals surface area contributed by atoms with E-state index in [0.717, 1.165) is 4.90 Å². The second kappa shape index (κ2) is 5.17. The number of anilines is 1. The third kappa shape index (κ3) is 2.49. The minimum atomic E-state index is -0.173. The van der Waals surface area contributed by atoms with Gasteiger partial charge in [-0.15, -0.1) is 11.8 Å². The summed E-state index contributed by atoms with van der Waals surface area (Å²) in [5, 5.41) is 12.1. The zero-order valence-corrected chi connectivity index (χ0v) is 11.8. The number of carbonyl (C=O) groups is 1. The van der Waals surface area contributed by atoms with Gasteiger partial charge < -0.3 is 10.4 Å². The number of amides is 1. The molecule has 3 rings (SSSR count). The summed E-state index contributed by atoms with van der Waals surface area (Å²) in [6, 6.07) is 9.36. The van der Waals surface area contributed by atoms with E-state index in [1.54, 1.807) is 17.8 Å². The summed E-state index contributed by atoms with van der Waals surface area (Å²) in [5.74, 6) is 0.0697. The molecule has 1 aliphatic heterocycles. The van der Waals surface area contributed by atoms with E-state index in [9.17, 15) is 9.90 Å². The summed E-state index contributed by atoms with van der Waals surface area (Å²) < 4.78 is 0. The Balaban J connectivity index is 1.73. The van der Waals surface area contributed by atoms with E-state index in [1.807, 2.05) is 6.92 Å². The zero-order chi connectivity index (χ0) is 14.1.